The van der Waals surface area contributed by atoms with E-state index in [2.05, 4.69) is 44.0 Å². The lowest BCUT2D eigenvalue weighted by atomic mass is 10.2. The first-order chi connectivity index (χ1) is 13.2. The van der Waals surface area contributed by atoms with E-state index in [-0.39, 0.29) is 0 Å². The predicted molar refractivity (Wildman–Crippen MR) is 102 cm³/mol. The van der Waals surface area contributed by atoms with Gasteiger partial charge in [-0.1, -0.05) is 24.8 Å². The molecule has 0 spiro atoms. The average molecular weight is 407 g/mol. The summed E-state index contributed by atoms with van der Waals surface area (Å²) in [4.78, 5) is 7.40. The summed E-state index contributed by atoms with van der Waals surface area (Å²) in [6, 6.07) is 3.85. The Morgan fingerprint density at radius 2 is 1.82 bits per heavy atom. The van der Waals surface area contributed by atoms with E-state index in [1.165, 1.54) is 18.5 Å². The zero-order valence-electron chi connectivity index (χ0n) is 14.3. The predicted octanol–water partition coefficient (Wildman–Crippen LogP) is 5.04. The number of pyridine rings is 2. The highest BCUT2D eigenvalue weighted by Gasteiger charge is 2.32. The second-order valence-electron chi connectivity index (χ2n) is 5.69. The standard InChI is InChI=1S/C18H14ClF3N6/c1-10(12-5-13(19)7-23-6-12)27-15-9-25-28-17(15)11(2)26-14-3-4-16(24-8-14)18(20,21)22/h3-9,26-27H,1-2H2,(H,25,28). The van der Waals surface area contributed by atoms with Gasteiger partial charge in [0.2, 0.25) is 0 Å². The molecule has 10 heteroatoms. The normalized spacial score (nSPS) is 11.1. The first-order valence-corrected chi connectivity index (χ1v) is 8.21. The Hall–Kier alpha value is -3.33. The number of halogens is 4. The molecule has 0 radical (unpaired) electrons. The van der Waals surface area contributed by atoms with Gasteiger partial charge in [-0.25, -0.2) is 4.98 Å². The lowest BCUT2D eigenvalue weighted by Gasteiger charge is -2.13. The molecule has 0 amide bonds. The Morgan fingerprint density at radius 3 is 2.46 bits per heavy atom. The van der Waals surface area contributed by atoms with Gasteiger partial charge in [0, 0.05) is 23.7 Å². The highest BCUT2D eigenvalue weighted by atomic mass is 35.5. The second kappa shape index (κ2) is 7.73. The topological polar surface area (TPSA) is 78.5 Å². The lowest BCUT2D eigenvalue weighted by molar-refractivity contribution is -0.141. The molecule has 3 aromatic rings. The Morgan fingerprint density at radius 1 is 1.04 bits per heavy atom. The highest BCUT2D eigenvalue weighted by Crippen LogP contribution is 2.29. The monoisotopic (exact) mass is 406 g/mol. The van der Waals surface area contributed by atoms with Crippen LogP contribution in [0.4, 0.5) is 24.5 Å². The lowest BCUT2D eigenvalue weighted by Crippen LogP contribution is -2.08. The quantitative estimate of drug-likeness (QED) is 0.534. The van der Waals surface area contributed by atoms with Crippen LogP contribution in [0.25, 0.3) is 11.4 Å². The van der Waals surface area contributed by atoms with E-state index in [1.807, 2.05) is 0 Å². The molecular formula is C18H14ClF3N6. The Labute approximate surface area is 163 Å². The summed E-state index contributed by atoms with van der Waals surface area (Å²) in [6.45, 7) is 7.82. The van der Waals surface area contributed by atoms with Crippen LogP contribution in [0.15, 0.2) is 56.1 Å². The molecule has 0 atom stereocenters. The summed E-state index contributed by atoms with van der Waals surface area (Å²) in [5.74, 6) is 0. The molecule has 3 N–H and O–H groups in total. The van der Waals surface area contributed by atoms with Crippen molar-refractivity contribution in [1.29, 1.82) is 0 Å². The van der Waals surface area contributed by atoms with E-state index in [4.69, 9.17) is 11.6 Å². The minimum Gasteiger partial charge on any atom is -0.353 e. The van der Waals surface area contributed by atoms with E-state index in [9.17, 15) is 13.2 Å². The van der Waals surface area contributed by atoms with Crippen molar-refractivity contribution in [3.63, 3.8) is 0 Å². The summed E-state index contributed by atoms with van der Waals surface area (Å²) in [6.07, 6.45) is 1.21. The number of rotatable bonds is 6. The van der Waals surface area contributed by atoms with Crippen LogP contribution in [0.3, 0.4) is 0 Å². The number of hydrogen-bond acceptors (Lipinski definition) is 5. The number of nitrogens with zero attached hydrogens (tertiary/aromatic N) is 3. The van der Waals surface area contributed by atoms with Gasteiger partial charge in [-0.05, 0) is 18.2 Å². The number of aromatic nitrogens is 4. The molecule has 3 rings (SSSR count). The number of H-pyrrole nitrogens is 1. The summed E-state index contributed by atoms with van der Waals surface area (Å²) < 4.78 is 37.8. The molecule has 144 valence electrons. The first kappa shape index (κ1) is 19.4. The maximum atomic E-state index is 12.6. The highest BCUT2D eigenvalue weighted by molar-refractivity contribution is 6.30. The van der Waals surface area contributed by atoms with E-state index < -0.39 is 11.9 Å². The van der Waals surface area contributed by atoms with Crippen LogP contribution in [0.1, 0.15) is 17.0 Å². The molecule has 0 unspecified atom stereocenters. The Kier molecular flexibility index (Phi) is 5.36. The Bertz CT molecular complexity index is 1010. The van der Waals surface area contributed by atoms with Gasteiger partial charge in [-0.15, -0.1) is 0 Å². The number of anilines is 2. The van der Waals surface area contributed by atoms with Crippen LogP contribution in [-0.2, 0) is 6.18 Å². The molecule has 0 bridgehead atoms. The molecule has 28 heavy (non-hydrogen) atoms. The fraction of sp³-hybridized carbons (Fsp3) is 0.0556. The maximum absolute atomic E-state index is 12.6. The molecule has 0 saturated carbocycles. The van der Waals surface area contributed by atoms with Crippen LogP contribution >= 0.6 is 11.6 Å². The minimum atomic E-state index is -4.49. The fourth-order valence-corrected chi connectivity index (χ4v) is 2.47. The van der Waals surface area contributed by atoms with Gasteiger partial charge in [-0.2, -0.15) is 18.3 Å². The number of alkyl halides is 3. The van der Waals surface area contributed by atoms with Crippen molar-refractivity contribution in [2.24, 2.45) is 0 Å². The zero-order chi connectivity index (χ0) is 20.3. The van der Waals surface area contributed by atoms with E-state index in [1.54, 1.807) is 12.3 Å². The SMILES string of the molecule is C=C(Nc1cn[nH]c1C(=C)Nc1ccc(C(F)(F)F)nc1)c1cncc(Cl)c1. The number of aromatic amines is 1. The van der Waals surface area contributed by atoms with Crippen molar-refractivity contribution in [2.45, 2.75) is 6.18 Å². The van der Waals surface area contributed by atoms with E-state index in [0.29, 0.717) is 39.0 Å². The van der Waals surface area contributed by atoms with Crippen molar-refractivity contribution in [3.8, 4) is 0 Å². The third-order valence-electron chi connectivity index (χ3n) is 3.63. The van der Waals surface area contributed by atoms with Crippen LogP contribution in [0.5, 0.6) is 0 Å². The summed E-state index contributed by atoms with van der Waals surface area (Å²) in [5, 5.41) is 13.2. The largest absolute Gasteiger partial charge is 0.433 e. The van der Waals surface area contributed by atoms with Gasteiger partial charge < -0.3 is 10.6 Å². The van der Waals surface area contributed by atoms with Gasteiger partial charge in [0.25, 0.3) is 0 Å². The third kappa shape index (κ3) is 4.49. The van der Waals surface area contributed by atoms with Crippen molar-refractivity contribution in [2.75, 3.05) is 10.6 Å². The maximum Gasteiger partial charge on any atom is 0.433 e. The Balaban J connectivity index is 1.72. The van der Waals surface area contributed by atoms with Crippen molar-refractivity contribution >= 4 is 34.4 Å². The summed E-state index contributed by atoms with van der Waals surface area (Å²) >= 11 is 5.93. The molecule has 0 aromatic carbocycles. The fourth-order valence-electron chi connectivity index (χ4n) is 2.29. The third-order valence-corrected chi connectivity index (χ3v) is 3.84. The van der Waals surface area contributed by atoms with Crippen LogP contribution in [-0.4, -0.2) is 20.2 Å². The van der Waals surface area contributed by atoms with Crippen molar-refractivity contribution in [1.82, 2.24) is 20.2 Å². The van der Waals surface area contributed by atoms with E-state index in [0.717, 1.165) is 12.3 Å². The van der Waals surface area contributed by atoms with Gasteiger partial charge in [-0.3, -0.25) is 10.1 Å². The van der Waals surface area contributed by atoms with Crippen LogP contribution < -0.4 is 10.6 Å². The molecule has 0 fully saturated rings. The van der Waals surface area contributed by atoms with Gasteiger partial charge in [0.1, 0.15) is 11.4 Å². The van der Waals surface area contributed by atoms with Gasteiger partial charge in [0.05, 0.1) is 34.5 Å². The molecule has 0 aliphatic carbocycles. The molecular weight excluding hydrogens is 393 g/mol. The second-order valence-corrected chi connectivity index (χ2v) is 6.12. The average Bonchev–Trinajstić information content (AvgIpc) is 3.09. The number of nitrogens with one attached hydrogen (secondary N) is 3. The van der Waals surface area contributed by atoms with Crippen molar-refractivity contribution in [3.05, 3.63) is 78.1 Å². The molecule has 3 aromatic heterocycles. The smallest absolute Gasteiger partial charge is 0.353 e. The van der Waals surface area contributed by atoms with E-state index >= 15 is 0 Å². The van der Waals surface area contributed by atoms with Gasteiger partial charge >= 0.3 is 6.18 Å². The zero-order valence-corrected chi connectivity index (χ0v) is 15.1. The van der Waals surface area contributed by atoms with Crippen molar-refractivity contribution < 1.29 is 13.2 Å². The summed E-state index contributed by atoms with van der Waals surface area (Å²) in [5.41, 5.74) is 2.01. The first-order valence-electron chi connectivity index (χ1n) is 7.84. The van der Waals surface area contributed by atoms with Crippen LogP contribution in [0.2, 0.25) is 5.02 Å². The number of hydrogen-bond donors (Lipinski definition) is 3. The molecule has 3 heterocycles. The molecule has 6 nitrogen and oxygen atoms in total. The summed E-state index contributed by atoms with van der Waals surface area (Å²) in [7, 11) is 0. The molecule has 0 saturated heterocycles. The molecule has 0 aliphatic heterocycles. The van der Waals surface area contributed by atoms with Gasteiger partial charge in [0.15, 0.2) is 0 Å². The molecule has 0 aliphatic rings. The van der Waals surface area contributed by atoms with Crippen LogP contribution in [0, 0.1) is 0 Å². The minimum absolute atomic E-state index is 0.344.